The van der Waals surface area contributed by atoms with Gasteiger partial charge >= 0.3 is 0 Å². The van der Waals surface area contributed by atoms with Crippen LogP contribution in [0.15, 0.2) is 65.3 Å². The number of aromatic nitrogens is 2. The number of aryl methyl sites for hydroxylation is 6. The second-order valence-electron chi connectivity index (χ2n) is 25.8. The first-order chi connectivity index (χ1) is 39.7. The van der Waals surface area contributed by atoms with Crippen LogP contribution in [-0.2, 0) is 124 Å². The van der Waals surface area contributed by atoms with Crippen molar-refractivity contribution in [3.8, 4) is 0 Å². The molecule has 2 aliphatic carbocycles. The van der Waals surface area contributed by atoms with E-state index in [2.05, 4.69) is 192 Å². The van der Waals surface area contributed by atoms with Gasteiger partial charge in [-0.25, -0.2) is 0 Å². The topological polar surface area (TPSA) is 218 Å². The zero-order chi connectivity index (χ0) is 65.2. The zero-order valence-corrected chi connectivity index (χ0v) is 64.2. The monoisotopic (exact) mass is 1410 g/mol. The fourth-order valence-electron chi connectivity index (χ4n) is 13.9. The maximum Gasteiger partial charge on any atom is 0.231 e. The van der Waals surface area contributed by atoms with Gasteiger partial charge in [-0.15, -0.1) is 23.2 Å². The molecule has 0 amide bonds. The van der Waals surface area contributed by atoms with Crippen LogP contribution in [0, 0.1) is 106 Å². The molecule has 478 valence electrons. The number of hydrogen-bond donors (Lipinski definition) is 2. The van der Waals surface area contributed by atoms with Gasteiger partial charge in [-0.05, 0) is 165 Å². The summed E-state index contributed by atoms with van der Waals surface area (Å²) >= 11 is 1.59. The van der Waals surface area contributed by atoms with E-state index < -0.39 is 21.8 Å². The summed E-state index contributed by atoms with van der Waals surface area (Å²) in [5.41, 5.74) is 16.5. The molecule has 8 rings (SSSR count). The van der Waals surface area contributed by atoms with Gasteiger partial charge in [-0.2, -0.15) is 0 Å². The van der Waals surface area contributed by atoms with Crippen LogP contribution in [0.3, 0.4) is 0 Å². The van der Waals surface area contributed by atoms with Crippen LogP contribution in [-0.4, -0.2) is 74.1 Å². The van der Waals surface area contributed by atoms with Crippen LogP contribution in [0.5, 0.6) is 0 Å². The number of anilines is 2. The Kier molecular flexibility index (Phi) is 28.2. The van der Waals surface area contributed by atoms with Gasteiger partial charge in [-0.1, -0.05) is 92.5 Å². The van der Waals surface area contributed by atoms with Crippen LogP contribution in [0.2, 0.25) is 0 Å². The number of ketones is 2. The molecule has 15 nitrogen and oxygen atoms in total. The molecule has 0 bridgehead atoms. The van der Waals surface area contributed by atoms with Gasteiger partial charge in [0.15, 0.2) is 5.76 Å². The molecule has 88 heavy (non-hydrogen) atoms. The molecule has 2 fully saturated rings. The molecule has 4 N–H and O–H groups in total. The van der Waals surface area contributed by atoms with E-state index in [0.29, 0.717) is 16.9 Å². The predicted octanol–water partition coefficient (Wildman–Crippen LogP) is 13.7. The fraction of sp³-hybridized carbons (Fsp3) is 0.500. The summed E-state index contributed by atoms with van der Waals surface area (Å²) in [5.74, 6) is 1.34. The van der Waals surface area contributed by atoms with E-state index in [1.165, 1.54) is 54.9 Å². The quantitative estimate of drug-likeness (QED) is 0.0590. The molecule has 6 atom stereocenters. The molecule has 6 aromatic rings. The van der Waals surface area contributed by atoms with E-state index >= 15 is 0 Å². The number of nitrogens with zero attached hydrogens (tertiary/aromatic N) is 4. The van der Waals surface area contributed by atoms with Gasteiger partial charge in [0.1, 0.15) is 5.76 Å². The number of nitrogens with two attached hydrogens (primary N) is 2. The summed E-state index contributed by atoms with van der Waals surface area (Å²) in [5, 5.41) is 8.06. The van der Waals surface area contributed by atoms with Gasteiger partial charge in [0.05, 0.1) is 27.4 Å². The summed E-state index contributed by atoms with van der Waals surface area (Å²) < 4.78 is 53.0. The molecule has 0 spiro atoms. The van der Waals surface area contributed by atoms with Gasteiger partial charge < -0.3 is 64.7 Å². The van der Waals surface area contributed by atoms with E-state index in [0.717, 1.165) is 51.8 Å². The standard InChI is InChI=1S/C34H45N2O3.C34H45N2O2S.2H2NO2S.2Y/c2*1-19-13-14-26(23(5)22(19)4)33(7,8)27-17-29(39-24(27)6)31(37)25-18-35-21(3)16-28(25)36(11)30-15-20(2)32(38-12)34(30,9)10;2*1-4(2)3;;/h2*13-14,16-18,20,30,32H,2,15H2,1,3-12H3;2*(H2,1,2,3);;/q4*-1;;/t2*20?,30-,32-;;;;/m11..../s1. The Labute approximate surface area is 584 Å². The van der Waals surface area contributed by atoms with Gasteiger partial charge in [-0.3, -0.25) is 19.6 Å². The number of furan rings is 1. The summed E-state index contributed by atoms with van der Waals surface area (Å²) in [6.45, 7) is 47.7. The fourth-order valence-corrected chi connectivity index (χ4v) is 15.1. The average Bonchev–Trinajstić information content (AvgIpc) is 2.26. The van der Waals surface area contributed by atoms with Crippen molar-refractivity contribution in [1.29, 1.82) is 0 Å². The number of hydrogen-bond acceptors (Lipinski definition) is 16. The van der Waals surface area contributed by atoms with Crippen molar-refractivity contribution in [2.45, 2.75) is 173 Å². The van der Waals surface area contributed by atoms with Crippen molar-refractivity contribution < 1.29 is 106 Å². The maximum absolute atomic E-state index is 14.1. The number of rotatable bonds is 14. The smallest absolute Gasteiger partial charge is 0.231 e. The van der Waals surface area contributed by atoms with Crippen molar-refractivity contribution in [2.24, 2.45) is 32.9 Å². The average molecular weight is 1410 g/mol. The van der Waals surface area contributed by atoms with E-state index in [-0.39, 0.29) is 135 Å². The van der Waals surface area contributed by atoms with Crippen LogP contribution in [0.1, 0.15) is 177 Å². The van der Waals surface area contributed by atoms with Gasteiger partial charge in [0.25, 0.3) is 0 Å². The second-order valence-corrected chi connectivity index (χ2v) is 28.1. The first-order valence-corrected chi connectivity index (χ1v) is 32.0. The number of ether oxygens (including phenoxy) is 2. The van der Waals surface area contributed by atoms with Crippen molar-refractivity contribution >= 4 is 56.1 Å². The third-order valence-corrected chi connectivity index (χ3v) is 20.0. The molecular weight excluding hydrogens is 1320 g/mol. The number of methoxy groups -OCH3 is 2. The Hall–Kier alpha value is -3.39. The van der Waals surface area contributed by atoms with Crippen molar-refractivity contribution in [1.82, 2.24) is 9.97 Å². The Balaban J connectivity index is 0.000000402. The van der Waals surface area contributed by atoms with Crippen molar-refractivity contribution in [2.75, 3.05) is 38.1 Å². The van der Waals surface area contributed by atoms with Crippen LogP contribution in [0.4, 0.5) is 11.4 Å². The van der Waals surface area contributed by atoms with E-state index in [9.17, 15) is 9.59 Å². The molecular formula is C68H94N6O9S3Y2-4. The Morgan fingerprint density at radius 2 is 0.966 bits per heavy atom. The molecule has 20 heteroatoms. The molecule has 4 heterocycles. The summed E-state index contributed by atoms with van der Waals surface area (Å²) in [4.78, 5) is 43.7. The molecule has 2 aromatic carbocycles. The number of benzene rings is 2. The zero-order valence-electron chi connectivity index (χ0n) is 56.1. The van der Waals surface area contributed by atoms with Gasteiger partial charge in [0, 0.05) is 174 Å². The van der Waals surface area contributed by atoms with Crippen molar-refractivity contribution in [3.63, 3.8) is 0 Å². The number of carbonyl (C=O) groups is 2. The van der Waals surface area contributed by atoms with Crippen LogP contribution < -0.4 is 20.1 Å². The van der Waals surface area contributed by atoms with Crippen LogP contribution >= 0.6 is 11.3 Å². The van der Waals surface area contributed by atoms with Gasteiger partial charge in [0.2, 0.25) is 11.6 Å². The minimum Gasteiger partial charge on any atom is -0.458 e. The summed E-state index contributed by atoms with van der Waals surface area (Å²) in [6.07, 6.45) is 5.34. The second kappa shape index (κ2) is 31.5. The van der Waals surface area contributed by atoms with E-state index in [1.807, 2.05) is 39.0 Å². The summed E-state index contributed by atoms with van der Waals surface area (Å²) in [7, 11) is 2.97. The minimum absolute atomic E-state index is 0. The normalized spacial score (nSPS) is 19.3. The first-order valence-electron chi connectivity index (χ1n) is 29.0. The van der Waals surface area contributed by atoms with Crippen molar-refractivity contribution in [3.05, 3.63) is 174 Å². The van der Waals surface area contributed by atoms with E-state index in [1.54, 1.807) is 38.0 Å². The molecule has 0 saturated heterocycles. The number of thiophene rings is 1. The molecule has 2 unspecified atom stereocenters. The Morgan fingerprint density at radius 1 is 0.602 bits per heavy atom. The van der Waals surface area contributed by atoms with E-state index in [4.69, 9.17) is 30.7 Å². The molecule has 0 aliphatic heterocycles. The summed E-state index contributed by atoms with van der Waals surface area (Å²) in [6, 6.07) is 17.3. The predicted molar refractivity (Wildman–Crippen MR) is 349 cm³/mol. The number of pyridine rings is 2. The third-order valence-electron chi connectivity index (χ3n) is 18.9. The molecule has 2 saturated carbocycles. The minimum atomic E-state index is -2.36. The maximum atomic E-state index is 14.1. The Morgan fingerprint density at radius 3 is 1.33 bits per heavy atom. The molecule has 4 aromatic heterocycles. The SMILES string of the molecule is N[S-](=O)=O.N[S-](=O)=O.[CH2-]C1C[C@@H](N(C)c2cc(C)ncc2C(=O)c2cc(C(C)(C)c3ccc(C)c(C)c3C)c(C)o2)C(C)(C)[C@@H]1OC.[CH2-]C1C[C@@H](N(C)c2cc(C)ncc2C(=O)c2cc(C(C)(C)c3ccc(C)c(C)c3C)c(C)s2)C(C)(C)[C@@H]1OC.[Y].[Y]. The largest absolute Gasteiger partial charge is 0.458 e. The first kappa shape index (κ1) is 78.8. The number of carbonyl (C=O) groups excluding carboxylic acids is 2. The Bertz CT molecular complexity index is 3370. The van der Waals surface area contributed by atoms with Crippen LogP contribution in [0.25, 0.3) is 0 Å². The molecule has 2 aliphatic rings. The third kappa shape index (κ3) is 16.9. The molecule has 2 radical (unpaired) electrons.